The number of aromatic amines is 1. The molecule has 0 unspecified atom stereocenters. The summed E-state index contributed by atoms with van der Waals surface area (Å²) in [5, 5.41) is 0. The first-order valence-corrected chi connectivity index (χ1v) is 16.7. The zero-order valence-electron chi connectivity index (χ0n) is 26.7. The van der Waals surface area contributed by atoms with Gasteiger partial charge in [0.15, 0.2) is 0 Å². The third kappa shape index (κ3) is 10.2. The molecule has 11 nitrogen and oxygen atoms in total. The maximum absolute atomic E-state index is 13.8. The first kappa shape index (κ1) is 33.8. The van der Waals surface area contributed by atoms with Gasteiger partial charge in [-0.25, -0.2) is 14.3 Å². The lowest BCUT2D eigenvalue weighted by Gasteiger charge is -2.27. The van der Waals surface area contributed by atoms with Crippen LogP contribution in [0.4, 0.5) is 4.79 Å². The normalized spacial score (nSPS) is 11.8. The first-order valence-electron chi connectivity index (χ1n) is 15.2. The molecule has 1 N–H and O–H groups in total. The van der Waals surface area contributed by atoms with E-state index in [0.29, 0.717) is 29.1 Å². The van der Waals surface area contributed by atoms with Crippen LogP contribution in [0.1, 0.15) is 43.0 Å². The van der Waals surface area contributed by atoms with Gasteiger partial charge in [0.2, 0.25) is 5.88 Å². The smallest absolute Gasteiger partial charge is 0.471 e. The Bertz CT molecular complexity index is 1720. The van der Waals surface area contributed by atoms with Crippen LogP contribution in [0.25, 0.3) is 11.0 Å². The number of phosphoric acid groups is 1. The summed E-state index contributed by atoms with van der Waals surface area (Å²) in [7, 11) is -4.05. The fourth-order valence-corrected chi connectivity index (χ4v) is 5.67. The van der Waals surface area contributed by atoms with Crippen LogP contribution >= 0.6 is 7.82 Å². The number of ether oxygens (including phenoxy) is 2. The van der Waals surface area contributed by atoms with Crippen LogP contribution in [-0.2, 0) is 49.2 Å². The van der Waals surface area contributed by atoms with Crippen LogP contribution in [0.5, 0.6) is 5.88 Å². The highest BCUT2D eigenvalue weighted by Gasteiger charge is 2.29. The second kappa shape index (κ2) is 15.8. The summed E-state index contributed by atoms with van der Waals surface area (Å²) < 4.78 is 42.7. The Morgan fingerprint density at radius 2 is 1.34 bits per heavy atom. The Morgan fingerprint density at radius 1 is 0.787 bits per heavy atom. The SMILES string of the molecule is CC(C)(C)OC(=O)N(CCOP(=O)(OCc1ccccc1)OCc1ccccc1)Cc1c[nH]c2c(OCc3ccccc3)ncnc12. The largest absolute Gasteiger partial charge is 0.475 e. The van der Waals surface area contributed by atoms with Gasteiger partial charge in [-0.3, -0.25) is 13.6 Å². The van der Waals surface area contributed by atoms with Crippen molar-refractivity contribution < 1.29 is 32.4 Å². The van der Waals surface area contributed by atoms with E-state index in [1.54, 1.807) is 27.0 Å². The quantitative estimate of drug-likeness (QED) is 0.112. The van der Waals surface area contributed by atoms with Crippen molar-refractivity contribution in [1.29, 1.82) is 0 Å². The Hall–Kier alpha value is -4.54. The first-order chi connectivity index (χ1) is 22.7. The zero-order valence-corrected chi connectivity index (χ0v) is 27.6. The van der Waals surface area contributed by atoms with E-state index in [-0.39, 0.29) is 32.9 Å². The van der Waals surface area contributed by atoms with E-state index in [1.807, 2.05) is 91.0 Å². The number of phosphoric ester groups is 1. The average Bonchev–Trinajstić information content (AvgIpc) is 3.49. The van der Waals surface area contributed by atoms with E-state index in [0.717, 1.165) is 16.7 Å². The molecule has 5 aromatic rings. The number of amides is 1. The van der Waals surface area contributed by atoms with Gasteiger partial charge in [0.25, 0.3) is 0 Å². The van der Waals surface area contributed by atoms with Crippen molar-refractivity contribution in [2.24, 2.45) is 0 Å². The highest BCUT2D eigenvalue weighted by Crippen LogP contribution is 2.51. The van der Waals surface area contributed by atoms with Crippen LogP contribution < -0.4 is 4.74 Å². The van der Waals surface area contributed by atoms with Crippen molar-refractivity contribution >= 4 is 24.9 Å². The second-order valence-electron chi connectivity index (χ2n) is 11.7. The van der Waals surface area contributed by atoms with Crippen molar-refractivity contribution in [3.8, 4) is 5.88 Å². The summed E-state index contributed by atoms with van der Waals surface area (Å²) in [6.07, 6.45) is 2.60. The minimum atomic E-state index is -4.05. The van der Waals surface area contributed by atoms with Crippen LogP contribution in [0.2, 0.25) is 0 Å². The molecule has 0 saturated heterocycles. The van der Waals surface area contributed by atoms with Gasteiger partial charge in [0.1, 0.15) is 29.6 Å². The number of nitrogens with one attached hydrogen (secondary N) is 1. The number of carbonyl (C=O) groups excluding carboxylic acids is 1. The number of hydrogen-bond donors (Lipinski definition) is 1. The molecule has 0 bridgehead atoms. The maximum atomic E-state index is 13.8. The molecule has 0 aliphatic heterocycles. The van der Waals surface area contributed by atoms with Gasteiger partial charge in [0.05, 0.1) is 26.4 Å². The van der Waals surface area contributed by atoms with Gasteiger partial charge in [-0.1, -0.05) is 91.0 Å². The molecular formula is C35H39N4O7P. The highest BCUT2D eigenvalue weighted by molar-refractivity contribution is 7.48. The standard InChI is InChI=1S/C35H39N4O7P/c1-35(2,3)46-34(40)39(22-30-21-36-32-31(30)37-26-38-33(32)42-23-27-13-7-4-8-14-27)19-20-43-47(41,44-24-28-15-9-5-10-16-28)45-25-29-17-11-6-12-18-29/h4-18,21,26,36H,19-20,22-25H2,1-3H3. The van der Waals surface area contributed by atoms with Gasteiger partial charge in [-0.05, 0) is 37.5 Å². The molecule has 0 atom stereocenters. The lowest BCUT2D eigenvalue weighted by Crippen LogP contribution is -2.38. The highest BCUT2D eigenvalue weighted by atomic mass is 31.2. The van der Waals surface area contributed by atoms with Gasteiger partial charge >= 0.3 is 13.9 Å². The molecule has 0 fully saturated rings. The molecule has 12 heteroatoms. The molecule has 0 radical (unpaired) electrons. The van der Waals surface area contributed by atoms with Crippen molar-refractivity contribution in [1.82, 2.24) is 19.9 Å². The van der Waals surface area contributed by atoms with Crippen LogP contribution in [0.15, 0.2) is 104 Å². The lowest BCUT2D eigenvalue weighted by molar-refractivity contribution is 0.0184. The summed E-state index contributed by atoms with van der Waals surface area (Å²) in [5.41, 5.74) is 3.78. The number of aromatic nitrogens is 3. The third-order valence-electron chi connectivity index (χ3n) is 6.81. The summed E-state index contributed by atoms with van der Waals surface area (Å²) in [6, 6.07) is 28.4. The summed E-state index contributed by atoms with van der Waals surface area (Å²) in [4.78, 5) is 26.8. The lowest BCUT2D eigenvalue weighted by atomic mass is 10.2. The van der Waals surface area contributed by atoms with Crippen LogP contribution in [0, 0.1) is 0 Å². The Balaban J connectivity index is 1.29. The molecule has 47 heavy (non-hydrogen) atoms. The van der Waals surface area contributed by atoms with Crippen molar-refractivity contribution in [3.63, 3.8) is 0 Å². The van der Waals surface area contributed by atoms with E-state index in [9.17, 15) is 9.36 Å². The molecule has 0 aliphatic carbocycles. The summed E-state index contributed by atoms with van der Waals surface area (Å²) in [6.45, 7) is 5.74. The second-order valence-corrected chi connectivity index (χ2v) is 13.4. The molecule has 5 rings (SSSR count). The Kier molecular flexibility index (Phi) is 11.4. The van der Waals surface area contributed by atoms with Crippen molar-refractivity contribution in [3.05, 3.63) is 126 Å². The van der Waals surface area contributed by atoms with E-state index in [1.165, 1.54) is 11.2 Å². The topological polar surface area (TPSA) is 125 Å². The molecule has 246 valence electrons. The molecule has 2 heterocycles. The van der Waals surface area contributed by atoms with Gasteiger partial charge in [-0.15, -0.1) is 0 Å². The van der Waals surface area contributed by atoms with Crippen molar-refractivity contribution in [2.45, 2.75) is 52.7 Å². The predicted molar refractivity (Wildman–Crippen MR) is 177 cm³/mol. The number of rotatable bonds is 15. The fourth-order valence-electron chi connectivity index (χ4n) is 4.52. The van der Waals surface area contributed by atoms with Crippen LogP contribution in [-0.4, -0.2) is 44.7 Å². The van der Waals surface area contributed by atoms with E-state index >= 15 is 0 Å². The Labute approximate surface area is 274 Å². The monoisotopic (exact) mass is 658 g/mol. The molecular weight excluding hydrogens is 619 g/mol. The molecule has 0 saturated carbocycles. The number of fused-ring (bicyclic) bond motifs is 1. The van der Waals surface area contributed by atoms with Crippen molar-refractivity contribution in [2.75, 3.05) is 13.2 Å². The fraction of sp³-hybridized carbons (Fsp3) is 0.286. The minimum Gasteiger partial charge on any atom is -0.471 e. The molecule has 2 aromatic heterocycles. The molecule has 3 aromatic carbocycles. The number of H-pyrrole nitrogens is 1. The van der Waals surface area contributed by atoms with Gasteiger partial charge < -0.3 is 19.4 Å². The third-order valence-corrected chi connectivity index (χ3v) is 8.20. The molecule has 1 amide bonds. The van der Waals surface area contributed by atoms with E-state index < -0.39 is 19.5 Å². The maximum Gasteiger partial charge on any atom is 0.475 e. The number of benzene rings is 3. The summed E-state index contributed by atoms with van der Waals surface area (Å²) >= 11 is 0. The number of hydrogen-bond acceptors (Lipinski definition) is 9. The van der Waals surface area contributed by atoms with Gasteiger partial charge in [-0.2, -0.15) is 4.98 Å². The van der Waals surface area contributed by atoms with Gasteiger partial charge in [0, 0.05) is 18.3 Å². The number of carbonyl (C=O) groups is 1. The predicted octanol–water partition coefficient (Wildman–Crippen LogP) is 7.83. The summed E-state index contributed by atoms with van der Waals surface area (Å²) in [5.74, 6) is 0.393. The van der Waals surface area contributed by atoms with Crippen LogP contribution in [0.3, 0.4) is 0 Å². The molecule has 0 spiro atoms. The molecule has 0 aliphatic rings. The Morgan fingerprint density at radius 3 is 1.89 bits per heavy atom. The average molecular weight is 659 g/mol. The minimum absolute atomic E-state index is 0.0202. The van der Waals surface area contributed by atoms with E-state index in [2.05, 4.69) is 15.0 Å². The zero-order chi connectivity index (χ0) is 33.1. The number of nitrogens with zero attached hydrogens (tertiary/aromatic N) is 3. The van der Waals surface area contributed by atoms with E-state index in [4.69, 9.17) is 23.0 Å².